The maximum absolute atomic E-state index is 14.0. The lowest BCUT2D eigenvalue weighted by atomic mass is 10.0. The summed E-state index contributed by atoms with van der Waals surface area (Å²) in [7, 11) is 0. The molecule has 0 bridgehead atoms. The maximum Gasteiger partial charge on any atom is 0.280 e. The fourth-order valence-electron chi connectivity index (χ4n) is 2.91. The molecule has 1 aliphatic rings. The first kappa shape index (κ1) is 18.9. The van der Waals surface area contributed by atoms with Gasteiger partial charge in [0.05, 0.1) is 0 Å². The topological polar surface area (TPSA) is 29.1 Å². The molecule has 1 unspecified atom stereocenters. The summed E-state index contributed by atoms with van der Waals surface area (Å²) in [6.07, 6.45) is 6.72. The highest BCUT2D eigenvalue weighted by atomic mass is 79.9. The Morgan fingerprint density at radius 1 is 1.38 bits per heavy atom. The van der Waals surface area contributed by atoms with Crippen molar-refractivity contribution in [3.05, 3.63) is 57.4 Å². The van der Waals surface area contributed by atoms with E-state index in [-0.39, 0.29) is 0 Å². The summed E-state index contributed by atoms with van der Waals surface area (Å²) in [5.74, 6) is -0.452. The minimum Gasteiger partial charge on any atom is -0.350 e. The van der Waals surface area contributed by atoms with E-state index in [9.17, 15) is 9.18 Å². The predicted molar refractivity (Wildman–Crippen MR) is 100 cm³/mol. The summed E-state index contributed by atoms with van der Waals surface area (Å²) in [4.78, 5) is 11.7. The molecule has 0 spiro atoms. The Bertz CT molecular complexity index is 664. The molecule has 1 atom stereocenters. The molecule has 0 heterocycles. The highest BCUT2D eigenvalue weighted by Gasteiger charge is 2.20. The zero-order valence-corrected chi connectivity index (χ0v) is 16.1. The Balaban J connectivity index is 1.87. The number of benzene rings is 1. The van der Waals surface area contributed by atoms with E-state index in [1.165, 1.54) is 11.1 Å². The van der Waals surface area contributed by atoms with Crippen LogP contribution in [-0.4, -0.2) is 12.5 Å². The van der Waals surface area contributed by atoms with Crippen LogP contribution < -0.4 is 5.32 Å². The van der Waals surface area contributed by atoms with Gasteiger partial charge in [0.1, 0.15) is 0 Å². The van der Waals surface area contributed by atoms with Crippen molar-refractivity contribution in [1.82, 2.24) is 5.32 Å². The van der Waals surface area contributed by atoms with Gasteiger partial charge >= 0.3 is 0 Å². The molecule has 1 aromatic carbocycles. The molecule has 2 nitrogen and oxygen atoms in total. The Hall–Kier alpha value is -1.42. The normalized spacial score (nSPS) is 18.0. The molecule has 4 heteroatoms. The second-order valence-corrected chi connectivity index (χ2v) is 7.84. The van der Waals surface area contributed by atoms with E-state index in [1.807, 2.05) is 19.9 Å². The number of rotatable bonds is 6. The van der Waals surface area contributed by atoms with E-state index in [0.29, 0.717) is 24.0 Å². The number of hydrogen-bond acceptors (Lipinski definition) is 1. The van der Waals surface area contributed by atoms with Crippen molar-refractivity contribution in [2.75, 3.05) is 6.54 Å². The van der Waals surface area contributed by atoms with Gasteiger partial charge in [-0.25, -0.2) is 4.39 Å². The van der Waals surface area contributed by atoms with Gasteiger partial charge in [-0.15, -0.1) is 0 Å². The number of nitrogens with one attached hydrogen (secondary N) is 1. The Morgan fingerprint density at radius 2 is 2.08 bits per heavy atom. The van der Waals surface area contributed by atoms with Crippen molar-refractivity contribution in [3.63, 3.8) is 0 Å². The monoisotopic (exact) mass is 393 g/mol. The van der Waals surface area contributed by atoms with Crippen molar-refractivity contribution in [1.29, 1.82) is 0 Å². The molecular weight excluding hydrogens is 369 g/mol. The first-order chi connectivity index (χ1) is 11.4. The van der Waals surface area contributed by atoms with Crippen LogP contribution in [0, 0.1) is 11.8 Å². The number of halogens is 2. The second-order valence-electron chi connectivity index (χ2n) is 6.93. The van der Waals surface area contributed by atoms with Gasteiger partial charge in [0, 0.05) is 11.0 Å². The summed E-state index contributed by atoms with van der Waals surface area (Å²) >= 11 is 3.51. The van der Waals surface area contributed by atoms with Crippen molar-refractivity contribution in [2.45, 2.75) is 40.0 Å². The molecule has 130 valence electrons. The standard InChI is InChI=1S/C20H25BrFNO/c1-13(2)12-23-20(24)19(22)14(3)5-4-6-15-9-16-7-8-18(21)11-17(16)10-15/h4-5,7-8,11,13,15H,6,9-10,12H2,1-3H3,(H,23,24)/b5-4+,19-14-. The van der Waals surface area contributed by atoms with Gasteiger partial charge in [-0.3, -0.25) is 4.79 Å². The van der Waals surface area contributed by atoms with Crippen LogP contribution >= 0.6 is 15.9 Å². The Labute approximate surface area is 152 Å². The number of fused-ring (bicyclic) bond motifs is 1. The molecule has 1 amide bonds. The van der Waals surface area contributed by atoms with Gasteiger partial charge in [0.25, 0.3) is 5.91 Å². The Kier molecular flexibility index (Phi) is 6.79. The van der Waals surface area contributed by atoms with Gasteiger partial charge in [-0.2, -0.15) is 0 Å². The number of amides is 1. The first-order valence-electron chi connectivity index (χ1n) is 8.45. The molecule has 1 N–H and O–H groups in total. The summed E-state index contributed by atoms with van der Waals surface area (Å²) < 4.78 is 15.1. The molecule has 1 aromatic rings. The maximum atomic E-state index is 14.0. The molecule has 0 saturated carbocycles. The summed E-state index contributed by atoms with van der Waals surface area (Å²) in [6.45, 7) is 6.08. The van der Waals surface area contributed by atoms with Crippen molar-refractivity contribution in [3.8, 4) is 0 Å². The lowest BCUT2D eigenvalue weighted by molar-refractivity contribution is -0.119. The summed E-state index contributed by atoms with van der Waals surface area (Å²) in [5, 5.41) is 2.60. The van der Waals surface area contributed by atoms with E-state index < -0.39 is 11.7 Å². The van der Waals surface area contributed by atoms with Gasteiger partial charge < -0.3 is 5.32 Å². The Morgan fingerprint density at radius 3 is 2.79 bits per heavy atom. The summed E-state index contributed by atoms with van der Waals surface area (Å²) in [6, 6.07) is 6.44. The SMILES string of the molecule is CC(/C=C/CC1Cc2ccc(Br)cc2C1)=C(/F)C(=O)NCC(C)C. The smallest absolute Gasteiger partial charge is 0.280 e. The minimum atomic E-state index is -0.689. The van der Waals surface area contributed by atoms with Gasteiger partial charge in [0.15, 0.2) is 5.83 Å². The lowest BCUT2D eigenvalue weighted by Crippen LogP contribution is -2.27. The number of carbonyl (C=O) groups excluding carboxylic acids is 1. The van der Waals surface area contributed by atoms with Crippen LogP contribution in [0.15, 0.2) is 46.2 Å². The molecule has 0 aliphatic heterocycles. The molecule has 24 heavy (non-hydrogen) atoms. The van der Waals surface area contributed by atoms with E-state index >= 15 is 0 Å². The lowest BCUT2D eigenvalue weighted by Gasteiger charge is -2.07. The highest BCUT2D eigenvalue weighted by Crippen LogP contribution is 2.31. The number of carbonyl (C=O) groups is 1. The molecular formula is C20H25BrFNO. The molecule has 0 fully saturated rings. The van der Waals surface area contributed by atoms with E-state index in [1.54, 1.807) is 13.0 Å². The fraction of sp³-hybridized carbons (Fsp3) is 0.450. The van der Waals surface area contributed by atoms with Crippen LogP contribution in [0.2, 0.25) is 0 Å². The van der Waals surface area contributed by atoms with Crippen molar-refractivity contribution >= 4 is 21.8 Å². The molecule has 2 rings (SSSR count). The molecule has 0 aromatic heterocycles. The van der Waals surface area contributed by atoms with Gasteiger partial charge in [0.2, 0.25) is 0 Å². The average molecular weight is 394 g/mol. The zero-order chi connectivity index (χ0) is 17.7. The molecule has 0 saturated heterocycles. The van der Waals surface area contributed by atoms with E-state index in [4.69, 9.17) is 0 Å². The summed E-state index contributed by atoms with van der Waals surface area (Å²) in [5.41, 5.74) is 3.19. The van der Waals surface area contributed by atoms with Crippen LogP contribution in [0.4, 0.5) is 4.39 Å². The van der Waals surface area contributed by atoms with Crippen LogP contribution in [-0.2, 0) is 17.6 Å². The quantitative estimate of drug-likeness (QED) is 0.526. The van der Waals surface area contributed by atoms with Gasteiger partial charge in [-0.05, 0) is 66.9 Å². The average Bonchev–Trinajstić information content (AvgIpc) is 2.93. The van der Waals surface area contributed by atoms with Crippen LogP contribution in [0.5, 0.6) is 0 Å². The minimum absolute atomic E-state index is 0.307. The third kappa shape index (κ3) is 5.30. The number of hydrogen-bond donors (Lipinski definition) is 1. The number of allylic oxidation sites excluding steroid dienone is 3. The third-order valence-corrected chi connectivity index (χ3v) is 4.73. The van der Waals surface area contributed by atoms with Crippen molar-refractivity contribution in [2.24, 2.45) is 11.8 Å². The largest absolute Gasteiger partial charge is 0.350 e. The van der Waals surface area contributed by atoms with E-state index in [0.717, 1.165) is 23.7 Å². The predicted octanol–water partition coefficient (Wildman–Crippen LogP) is 5.13. The van der Waals surface area contributed by atoms with E-state index in [2.05, 4.69) is 39.4 Å². The van der Waals surface area contributed by atoms with Crippen LogP contribution in [0.1, 0.15) is 38.3 Å². The zero-order valence-electron chi connectivity index (χ0n) is 14.5. The molecule has 1 aliphatic carbocycles. The third-order valence-electron chi connectivity index (χ3n) is 4.24. The fourth-order valence-corrected chi connectivity index (χ4v) is 3.32. The van der Waals surface area contributed by atoms with Crippen molar-refractivity contribution < 1.29 is 9.18 Å². The second kappa shape index (κ2) is 8.61. The van der Waals surface area contributed by atoms with Gasteiger partial charge in [-0.1, -0.05) is 48.0 Å². The first-order valence-corrected chi connectivity index (χ1v) is 9.24. The van der Waals surface area contributed by atoms with Crippen LogP contribution in [0.25, 0.3) is 0 Å². The van der Waals surface area contributed by atoms with Crippen LogP contribution in [0.3, 0.4) is 0 Å². The highest BCUT2D eigenvalue weighted by molar-refractivity contribution is 9.10. The molecule has 0 radical (unpaired) electrons.